The van der Waals surface area contributed by atoms with Crippen molar-refractivity contribution in [3.63, 3.8) is 0 Å². The maximum atomic E-state index is 13.3. The first-order chi connectivity index (χ1) is 9.97. The average molecular weight is 312 g/mol. The molecule has 0 aromatic rings. The number of nitrogens with two attached hydrogens (primary N) is 1. The Hall–Kier alpha value is -0.680. The Bertz CT molecular complexity index is 386. The lowest BCUT2D eigenvalue weighted by atomic mass is 9.78. The van der Waals surface area contributed by atoms with Crippen molar-refractivity contribution in [2.75, 3.05) is 19.8 Å². The van der Waals surface area contributed by atoms with Crippen LogP contribution in [0.2, 0.25) is 0 Å². The quantitative estimate of drug-likeness (QED) is 0.793. The van der Waals surface area contributed by atoms with E-state index in [2.05, 4.69) is 18.7 Å². The number of hydrogen-bond donors (Lipinski definition) is 1. The zero-order valence-electron chi connectivity index (χ0n) is 13.3. The van der Waals surface area contributed by atoms with Gasteiger partial charge in [0.25, 0.3) is 0 Å². The number of carbonyl (C=O) groups is 1. The second-order valence-electron chi connectivity index (χ2n) is 6.85. The van der Waals surface area contributed by atoms with Gasteiger partial charge in [-0.3, -0.25) is 4.79 Å². The van der Waals surface area contributed by atoms with Gasteiger partial charge in [0.1, 0.15) is 5.41 Å². The Kier molecular flexibility index (Phi) is 5.60. The summed E-state index contributed by atoms with van der Waals surface area (Å²) >= 11 is 5.29. The van der Waals surface area contributed by atoms with Gasteiger partial charge in [-0.2, -0.15) is 0 Å². The third-order valence-corrected chi connectivity index (χ3v) is 5.21. The minimum atomic E-state index is -0.676. The summed E-state index contributed by atoms with van der Waals surface area (Å²) in [4.78, 5) is 15.7. The molecule has 2 aliphatic rings. The minimum absolute atomic E-state index is 0.152. The summed E-state index contributed by atoms with van der Waals surface area (Å²) in [5.74, 6) is 0.608. The van der Waals surface area contributed by atoms with E-state index < -0.39 is 5.41 Å². The largest absolute Gasteiger partial charge is 0.392 e. The summed E-state index contributed by atoms with van der Waals surface area (Å²) in [6.45, 7) is 6.26. The van der Waals surface area contributed by atoms with Gasteiger partial charge in [-0.25, -0.2) is 0 Å². The summed E-state index contributed by atoms with van der Waals surface area (Å²) in [7, 11) is 0. The molecule has 4 nitrogen and oxygen atoms in total. The Morgan fingerprint density at radius 1 is 1.33 bits per heavy atom. The van der Waals surface area contributed by atoms with Crippen LogP contribution in [0.25, 0.3) is 0 Å². The van der Waals surface area contributed by atoms with Crippen LogP contribution >= 0.6 is 12.2 Å². The first-order valence-corrected chi connectivity index (χ1v) is 8.57. The zero-order chi connectivity index (χ0) is 15.5. The van der Waals surface area contributed by atoms with E-state index in [0.29, 0.717) is 43.0 Å². The summed E-state index contributed by atoms with van der Waals surface area (Å²) in [5, 5.41) is 0. The fourth-order valence-electron chi connectivity index (χ4n) is 3.57. The molecular weight excluding hydrogens is 284 g/mol. The molecule has 1 heterocycles. The molecule has 0 spiro atoms. The number of thiocarbonyl (C=S) groups is 1. The lowest BCUT2D eigenvalue weighted by Crippen LogP contribution is -2.56. The van der Waals surface area contributed by atoms with Crippen LogP contribution in [0.15, 0.2) is 0 Å². The molecule has 120 valence electrons. The molecule has 1 saturated heterocycles. The van der Waals surface area contributed by atoms with E-state index in [1.807, 2.05) is 0 Å². The number of rotatable bonds is 5. The molecule has 0 aromatic carbocycles. The normalized spacial score (nSPS) is 22.4. The highest BCUT2D eigenvalue weighted by molar-refractivity contribution is 7.80. The molecule has 0 atom stereocenters. The van der Waals surface area contributed by atoms with Gasteiger partial charge in [-0.15, -0.1) is 0 Å². The number of ether oxygens (including phenoxy) is 1. The molecule has 2 N–H and O–H groups in total. The van der Waals surface area contributed by atoms with Crippen molar-refractivity contribution >= 4 is 23.1 Å². The fourth-order valence-corrected chi connectivity index (χ4v) is 3.86. The van der Waals surface area contributed by atoms with E-state index in [-0.39, 0.29) is 5.91 Å². The van der Waals surface area contributed by atoms with E-state index in [9.17, 15) is 4.79 Å². The fraction of sp³-hybridized carbons (Fsp3) is 0.875. The van der Waals surface area contributed by atoms with Crippen molar-refractivity contribution in [3.05, 3.63) is 0 Å². The van der Waals surface area contributed by atoms with Crippen molar-refractivity contribution in [3.8, 4) is 0 Å². The smallest absolute Gasteiger partial charge is 0.236 e. The molecule has 0 radical (unpaired) electrons. The number of nitrogens with zero attached hydrogens (tertiary/aromatic N) is 1. The van der Waals surface area contributed by atoms with E-state index in [4.69, 9.17) is 22.7 Å². The van der Waals surface area contributed by atoms with Crippen LogP contribution in [0.3, 0.4) is 0 Å². The van der Waals surface area contributed by atoms with Crippen LogP contribution in [-0.4, -0.2) is 41.6 Å². The van der Waals surface area contributed by atoms with Gasteiger partial charge in [0.15, 0.2) is 0 Å². The first-order valence-electron chi connectivity index (χ1n) is 8.16. The monoisotopic (exact) mass is 312 g/mol. The molecule has 0 bridgehead atoms. The Labute approximate surface area is 133 Å². The van der Waals surface area contributed by atoms with Crippen LogP contribution in [0, 0.1) is 11.3 Å². The van der Waals surface area contributed by atoms with Crippen molar-refractivity contribution in [2.45, 2.75) is 58.4 Å². The van der Waals surface area contributed by atoms with Gasteiger partial charge < -0.3 is 15.4 Å². The molecule has 1 aliphatic heterocycles. The van der Waals surface area contributed by atoms with Crippen molar-refractivity contribution in [1.29, 1.82) is 0 Å². The van der Waals surface area contributed by atoms with Crippen LogP contribution in [0.4, 0.5) is 0 Å². The van der Waals surface area contributed by atoms with Gasteiger partial charge in [-0.1, -0.05) is 38.9 Å². The Morgan fingerprint density at radius 3 is 2.38 bits per heavy atom. The number of amides is 1. The highest BCUT2D eigenvalue weighted by Gasteiger charge is 2.46. The van der Waals surface area contributed by atoms with Gasteiger partial charge >= 0.3 is 0 Å². The van der Waals surface area contributed by atoms with Crippen LogP contribution in [0.5, 0.6) is 0 Å². The number of carbonyl (C=O) groups excluding carboxylic acids is 1. The second-order valence-corrected chi connectivity index (χ2v) is 7.29. The Morgan fingerprint density at radius 2 is 1.90 bits per heavy atom. The maximum Gasteiger partial charge on any atom is 0.236 e. The minimum Gasteiger partial charge on any atom is -0.392 e. The highest BCUT2D eigenvalue weighted by Crippen LogP contribution is 2.36. The van der Waals surface area contributed by atoms with Gasteiger partial charge in [0.05, 0.1) is 4.99 Å². The first kappa shape index (κ1) is 16.7. The summed E-state index contributed by atoms with van der Waals surface area (Å²) in [6.07, 6.45) is 5.92. The van der Waals surface area contributed by atoms with E-state index in [1.54, 1.807) is 0 Å². The van der Waals surface area contributed by atoms with E-state index in [0.717, 1.165) is 19.4 Å². The number of hydrogen-bond acceptors (Lipinski definition) is 3. The molecule has 0 unspecified atom stereocenters. The van der Waals surface area contributed by atoms with Crippen molar-refractivity contribution in [2.24, 2.45) is 17.1 Å². The summed E-state index contributed by atoms with van der Waals surface area (Å²) in [6, 6.07) is 0.369. The predicted octanol–water partition coefficient (Wildman–Crippen LogP) is 2.50. The zero-order valence-corrected chi connectivity index (χ0v) is 14.1. The Balaban J connectivity index is 2.23. The van der Waals surface area contributed by atoms with Gasteiger partial charge in [0, 0.05) is 25.8 Å². The van der Waals surface area contributed by atoms with Crippen molar-refractivity contribution in [1.82, 2.24) is 4.90 Å². The molecule has 0 aromatic heterocycles. The highest BCUT2D eigenvalue weighted by atomic mass is 32.1. The molecule has 1 aliphatic carbocycles. The predicted molar refractivity (Wildman–Crippen MR) is 88.1 cm³/mol. The third kappa shape index (κ3) is 3.57. The molecular formula is C16H28N2O2S. The summed E-state index contributed by atoms with van der Waals surface area (Å²) in [5.41, 5.74) is 5.32. The summed E-state index contributed by atoms with van der Waals surface area (Å²) < 4.78 is 5.43. The van der Waals surface area contributed by atoms with Gasteiger partial charge in [0.2, 0.25) is 5.91 Å². The van der Waals surface area contributed by atoms with Gasteiger partial charge in [-0.05, 0) is 31.6 Å². The standard InChI is InChI=1S/C16H28N2O2S/c1-12(2)11-18(13-5-3-4-6-13)15(19)16(14(17)21)7-9-20-10-8-16/h12-13H,3-11H2,1-2H3,(H2,17,21). The molecule has 1 amide bonds. The lowest BCUT2D eigenvalue weighted by molar-refractivity contribution is -0.145. The van der Waals surface area contributed by atoms with Crippen molar-refractivity contribution < 1.29 is 9.53 Å². The second kappa shape index (κ2) is 7.05. The average Bonchev–Trinajstić information content (AvgIpc) is 2.98. The SMILES string of the molecule is CC(C)CN(C(=O)C1(C(N)=S)CCOCC1)C1CCCC1. The third-order valence-electron chi connectivity index (χ3n) is 4.82. The van der Waals surface area contributed by atoms with Crippen LogP contribution in [-0.2, 0) is 9.53 Å². The van der Waals surface area contributed by atoms with E-state index >= 15 is 0 Å². The van der Waals surface area contributed by atoms with Crippen LogP contribution in [0.1, 0.15) is 52.4 Å². The molecule has 5 heteroatoms. The maximum absolute atomic E-state index is 13.3. The molecule has 2 fully saturated rings. The van der Waals surface area contributed by atoms with E-state index in [1.165, 1.54) is 12.8 Å². The topological polar surface area (TPSA) is 55.6 Å². The lowest BCUT2D eigenvalue weighted by Gasteiger charge is -2.41. The van der Waals surface area contributed by atoms with Crippen LogP contribution < -0.4 is 5.73 Å². The molecule has 2 rings (SSSR count). The molecule has 21 heavy (non-hydrogen) atoms. The molecule has 1 saturated carbocycles.